The Morgan fingerprint density at radius 3 is 2.66 bits per heavy atom. The number of ether oxygens (including phenoxy) is 3. The van der Waals surface area contributed by atoms with E-state index in [1.54, 1.807) is 53.6 Å². The van der Waals surface area contributed by atoms with E-state index >= 15 is 0 Å². The monoisotopic (exact) mass is 519 g/mol. The Kier molecular flexibility index (Phi) is 8.46. The molecule has 2 amide bonds. The number of carbonyl (C=O) groups is 2. The van der Waals surface area contributed by atoms with Crippen LogP contribution in [0.15, 0.2) is 54.9 Å². The van der Waals surface area contributed by atoms with Gasteiger partial charge in [0.25, 0.3) is 5.91 Å². The molecular weight excluding hydrogens is 490 g/mol. The number of morpholine rings is 1. The first kappa shape index (κ1) is 26.5. The molecule has 1 aliphatic rings. The number of methoxy groups -OCH3 is 2. The van der Waals surface area contributed by atoms with Crippen LogP contribution in [0.4, 0.5) is 23.0 Å². The molecule has 5 N–H and O–H groups in total. The molecule has 1 fully saturated rings. The van der Waals surface area contributed by atoms with E-state index in [2.05, 4.69) is 20.6 Å². The molecule has 12 nitrogen and oxygen atoms in total. The third-order valence-corrected chi connectivity index (χ3v) is 5.90. The van der Waals surface area contributed by atoms with E-state index in [-0.39, 0.29) is 36.5 Å². The van der Waals surface area contributed by atoms with Crippen molar-refractivity contribution in [2.24, 2.45) is 0 Å². The highest BCUT2D eigenvalue weighted by Crippen LogP contribution is 2.28. The first-order chi connectivity index (χ1) is 18.4. The maximum atomic E-state index is 12.7. The zero-order valence-electron chi connectivity index (χ0n) is 21.1. The van der Waals surface area contributed by atoms with Crippen LogP contribution in [0.25, 0.3) is 0 Å². The molecule has 0 spiro atoms. The van der Waals surface area contributed by atoms with Crippen LogP contribution in [-0.4, -0.2) is 79.0 Å². The number of nitrogens with two attached hydrogens (primary N) is 1. The van der Waals surface area contributed by atoms with Gasteiger partial charge >= 0.3 is 0 Å². The average molecular weight is 520 g/mol. The van der Waals surface area contributed by atoms with Gasteiger partial charge in [0.05, 0.1) is 31.7 Å². The lowest BCUT2D eigenvalue weighted by Gasteiger charge is -2.33. The summed E-state index contributed by atoms with van der Waals surface area (Å²) in [5, 5.41) is 14.7. The zero-order chi connectivity index (χ0) is 27.1. The third kappa shape index (κ3) is 6.22. The predicted molar refractivity (Wildman–Crippen MR) is 142 cm³/mol. The molecule has 0 unspecified atom stereocenters. The lowest BCUT2D eigenvalue weighted by molar-refractivity contribution is -0.140. The van der Waals surface area contributed by atoms with Gasteiger partial charge in [-0.15, -0.1) is 0 Å². The summed E-state index contributed by atoms with van der Waals surface area (Å²) < 4.78 is 15.9. The number of aromatic nitrogens is 2. The van der Waals surface area contributed by atoms with Gasteiger partial charge in [0, 0.05) is 48.9 Å². The second-order valence-electron chi connectivity index (χ2n) is 8.40. The molecule has 0 aliphatic carbocycles. The van der Waals surface area contributed by atoms with E-state index in [1.165, 1.54) is 20.4 Å². The Morgan fingerprint density at radius 2 is 1.92 bits per heavy atom. The summed E-state index contributed by atoms with van der Waals surface area (Å²) >= 11 is 0. The number of amides is 2. The number of nitrogen functional groups attached to an aromatic ring is 1. The Morgan fingerprint density at radius 1 is 1.16 bits per heavy atom. The summed E-state index contributed by atoms with van der Waals surface area (Å²) in [7, 11) is 3.00. The Bertz CT molecular complexity index is 1320. The number of anilines is 4. The van der Waals surface area contributed by atoms with Gasteiger partial charge in [-0.05, 0) is 36.4 Å². The van der Waals surface area contributed by atoms with Crippen molar-refractivity contribution in [3.63, 3.8) is 0 Å². The molecular formula is C26H29N7O5. The van der Waals surface area contributed by atoms with Crippen LogP contribution in [0.5, 0.6) is 5.75 Å². The molecule has 0 saturated carbocycles. The van der Waals surface area contributed by atoms with Crippen molar-refractivity contribution in [1.82, 2.24) is 14.9 Å². The molecule has 3 heterocycles. The van der Waals surface area contributed by atoms with Crippen molar-refractivity contribution in [1.29, 1.82) is 5.41 Å². The van der Waals surface area contributed by atoms with Gasteiger partial charge in [-0.1, -0.05) is 0 Å². The second kappa shape index (κ2) is 12.1. The van der Waals surface area contributed by atoms with Crippen molar-refractivity contribution in [2.45, 2.75) is 6.10 Å². The minimum absolute atomic E-state index is 0.0286. The van der Waals surface area contributed by atoms with Gasteiger partial charge in [0.1, 0.15) is 30.1 Å². The molecule has 198 valence electrons. The van der Waals surface area contributed by atoms with Crippen molar-refractivity contribution in [2.75, 3.05) is 56.9 Å². The number of benzene rings is 1. The van der Waals surface area contributed by atoms with E-state index in [9.17, 15) is 9.59 Å². The van der Waals surface area contributed by atoms with Crippen LogP contribution >= 0.6 is 0 Å². The van der Waals surface area contributed by atoms with Crippen LogP contribution in [-0.2, 0) is 14.3 Å². The smallest absolute Gasteiger partial charge is 0.256 e. The minimum atomic E-state index is -0.636. The Hall–Kier alpha value is -4.55. The molecule has 1 aliphatic heterocycles. The van der Waals surface area contributed by atoms with E-state index in [1.807, 2.05) is 0 Å². The van der Waals surface area contributed by atoms with E-state index in [0.717, 1.165) is 0 Å². The average Bonchev–Trinajstić information content (AvgIpc) is 2.94. The molecule has 0 radical (unpaired) electrons. The SMILES string of the molecule is COCC(=O)N1CCO[C@@H](C(=N)c2ccnc(N)c2Nc2ccc(C(=O)Nc3cc(OC)ccn3)cc2)C1. The largest absolute Gasteiger partial charge is 0.497 e. The van der Waals surface area contributed by atoms with Crippen molar-refractivity contribution in [3.8, 4) is 5.75 Å². The summed E-state index contributed by atoms with van der Waals surface area (Å²) in [6.07, 6.45) is 2.42. The van der Waals surface area contributed by atoms with Crippen molar-refractivity contribution in [3.05, 3.63) is 66.0 Å². The number of rotatable bonds is 9. The zero-order valence-corrected chi connectivity index (χ0v) is 21.1. The first-order valence-corrected chi connectivity index (χ1v) is 11.8. The predicted octanol–water partition coefficient (Wildman–Crippen LogP) is 2.30. The fourth-order valence-electron chi connectivity index (χ4n) is 3.92. The number of nitrogens with zero attached hydrogens (tertiary/aromatic N) is 3. The molecule has 1 saturated heterocycles. The van der Waals surface area contributed by atoms with Gasteiger partial charge in [-0.25, -0.2) is 9.97 Å². The quantitative estimate of drug-likeness (QED) is 0.310. The maximum absolute atomic E-state index is 12.7. The van der Waals surface area contributed by atoms with Crippen LogP contribution in [0.3, 0.4) is 0 Å². The van der Waals surface area contributed by atoms with E-state index in [4.69, 9.17) is 25.4 Å². The van der Waals surface area contributed by atoms with Crippen LogP contribution < -0.4 is 21.1 Å². The second-order valence-corrected chi connectivity index (χ2v) is 8.40. The lowest BCUT2D eigenvalue weighted by atomic mass is 10.0. The standard InChI is InChI=1S/C26H29N7O5/c1-36-15-22(34)33-11-12-38-20(14-33)23(27)19-8-10-30-25(28)24(19)31-17-5-3-16(4-6-17)26(35)32-21-13-18(37-2)7-9-29-21/h3-10,13,20,27,31H,11-12,14-15H2,1-2H3,(H2,28,30)(H,29,32,35)/t20-/m1/s1. The van der Waals surface area contributed by atoms with Gasteiger partial charge in [-0.3, -0.25) is 9.59 Å². The normalized spacial score (nSPS) is 15.0. The van der Waals surface area contributed by atoms with Crippen LogP contribution in [0, 0.1) is 5.41 Å². The fraction of sp³-hybridized carbons (Fsp3) is 0.269. The molecule has 4 rings (SSSR count). The molecule has 3 aromatic rings. The summed E-state index contributed by atoms with van der Waals surface area (Å²) in [6, 6.07) is 11.7. The topological polar surface area (TPSA) is 165 Å². The molecule has 38 heavy (non-hydrogen) atoms. The first-order valence-electron chi connectivity index (χ1n) is 11.8. The Balaban J connectivity index is 1.47. The van der Waals surface area contributed by atoms with Gasteiger partial charge in [0.2, 0.25) is 5.91 Å². The number of carbonyl (C=O) groups excluding carboxylic acids is 2. The summed E-state index contributed by atoms with van der Waals surface area (Å²) in [4.78, 5) is 34.8. The Labute approximate surface area is 219 Å². The number of pyridine rings is 2. The molecule has 0 bridgehead atoms. The van der Waals surface area contributed by atoms with Crippen molar-refractivity contribution < 1.29 is 23.8 Å². The highest BCUT2D eigenvalue weighted by Gasteiger charge is 2.29. The van der Waals surface area contributed by atoms with Crippen LogP contribution in [0.2, 0.25) is 0 Å². The van der Waals surface area contributed by atoms with Gasteiger partial charge < -0.3 is 40.9 Å². The molecule has 1 aromatic carbocycles. The third-order valence-electron chi connectivity index (χ3n) is 5.90. The highest BCUT2D eigenvalue weighted by molar-refractivity contribution is 6.08. The van der Waals surface area contributed by atoms with Crippen molar-refractivity contribution >= 4 is 40.5 Å². The molecule has 1 atom stereocenters. The van der Waals surface area contributed by atoms with Gasteiger partial charge in [0.15, 0.2) is 0 Å². The number of nitrogens with one attached hydrogen (secondary N) is 3. The summed E-state index contributed by atoms with van der Waals surface area (Å²) in [5.74, 6) is 0.657. The molecule has 2 aromatic heterocycles. The highest BCUT2D eigenvalue weighted by atomic mass is 16.5. The van der Waals surface area contributed by atoms with E-state index < -0.39 is 6.10 Å². The lowest BCUT2D eigenvalue weighted by Crippen LogP contribution is -2.49. The summed E-state index contributed by atoms with van der Waals surface area (Å²) in [6.45, 7) is 0.942. The van der Waals surface area contributed by atoms with Gasteiger partial charge in [-0.2, -0.15) is 0 Å². The summed E-state index contributed by atoms with van der Waals surface area (Å²) in [5.41, 5.74) is 8.31. The molecule has 12 heteroatoms. The van der Waals surface area contributed by atoms with Crippen LogP contribution in [0.1, 0.15) is 15.9 Å². The number of hydrogen-bond donors (Lipinski definition) is 4. The maximum Gasteiger partial charge on any atom is 0.256 e. The minimum Gasteiger partial charge on any atom is -0.497 e. The van der Waals surface area contributed by atoms with E-state index in [0.29, 0.717) is 47.2 Å². The number of hydrogen-bond acceptors (Lipinski definition) is 10. The fourth-order valence-corrected chi connectivity index (χ4v) is 3.92.